The van der Waals surface area contributed by atoms with Crippen molar-refractivity contribution in [2.45, 2.75) is 0 Å². The molecule has 1 aliphatic rings. The Hall–Kier alpha value is -1.22. The first-order chi connectivity index (χ1) is 5.97. The predicted molar refractivity (Wildman–Crippen MR) is 52.8 cm³/mol. The molecule has 0 spiro atoms. The topological polar surface area (TPSA) is 24.4 Å². The Morgan fingerprint density at radius 3 is 2.67 bits per heavy atom. The number of rotatable bonds is 1. The summed E-state index contributed by atoms with van der Waals surface area (Å²) in [4.78, 5) is 4.20. The van der Waals surface area contributed by atoms with Crippen LogP contribution < -0.4 is 4.72 Å². The summed E-state index contributed by atoms with van der Waals surface area (Å²) in [6, 6.07) is 10.1. The van der Waals surface area contributed by atoms with Crippen LogP contribution in [0.4, 0.5) is 0 Å². The van der Waals surface area contributed by atoms with Gasteiger partial charge in [0.25, 0.3) is 0 Å². The van der Waals surface area contributed by atoms with E-state index in [1.54, 1.807) is 6.20 Å². The van der Waals surface area contributed by atoms with E-state index in [9.17, 15) is 0 Å². The second kappa shape index (κ2) is 3.45. The summed E-state index contributed by atoms with van der Waals surface area (Å²) in [6.45, 7) is 0. The smallest absolute Gasteiger partial charge is 0.143 e. The lowest BCUT2D eigenvalue weighted by Gasteiger charge is -2.08. The van der Waals surface area contributed by atoms with E-state index in [-0.39, 0.29) is 0 Å². The molecule has 60 valence electrons. The molecule has 0 aliphatic carbocycles. The fourth-order valence-corrected chi connectivity index (χ4v) is 1.45. The van der Waals surface area contributed by atoms with Crippen molar-refractivity contribution in [3.8, 4) is 0 Å². The summed E-state index contributed by atoms with van der Waals surface area (Å²) in [6.07, 6.45) is 1.80. The third-order valence-electron chi connectivity index (χ3n) is 1.54. The van der Waals surface area contributed by atoms with Crippen LogP contribution in [0.15, 0.2) is 46.9 Å². The van der Waals surface area contributed by atoms with Crippen LogP contribution in [0.3, 0.4) is 0 Å². The minimum absolute atomic E-state index is 0.920. The van der Waals surface area contributed by atoms with E-state index in [1.807, 2.05) is 35.7 Å². The molecule has 2 nitrogen and oxygen atoms in total. The summed E-state index contributed by atoms with van der Waals surface area (Å²) >= 11 is 1.54. The average molecular weight is 176 g/mol. The summed E-state index contributed by atoms with van der Waals surface area (Å²) in [5.41, 5.74) is 1.12. The highest BCUT2D eigenvalue weighted by molar-refractivity contribution is 8.00. The standard InChI is InChI=1S/C9H8N2S/c1-2-4-8(5-3-1)9-10-6-7-12-11-9/h1-7H,(H,10,11). The summed E-state index contributed by atoms with van der Waals surface area (Å²) in [5, 5.41) is 1.91. The number of amidine groups is 1. The molecule has 12 heavy (non-hydrogen) atoms. The number of nitrogens with zero attached hydrogens (tertiary/aromatic N) is 1. The zero-order valence-electron chi connectivity index (χ0n) is 6.40. The lowest BCUT2D eigenvalue weighted by molar-refractivity contribution is 1.39. The van der Waals surface area contributed by atoms with Gasteiger partial charge in [-0.15, -0.1) is 0 Å². The first-order valence-electron chi connectivity index (χ1n) is 3.67. The van der Waals surface area contributed by atoms with E-state index in [0.717, 1.165) is 11.4 Å². The third-order valence-corrected chi connectivity index (χ3v) is 2.10. The van der Waals surface area contributed by atoms with Crippen molar-refractivity contribution in [1.82, 2.24) is 4.72 Å². The normalized spacial score (nSPS) is 15.2. The van der Waals surface area contributed by atoms with Crippen LogP contribution in [0.25, 0.3) is 0 Å². The SMILES string of the molecule is C1=CSNC(c2ccccc2)=N1. The van der Waals surface area contributed by atoms with Gasteiger partial charge in [-0.3, -0.25) is 0 Å². The van der Waals surface area contributed by atoms with Crippen molar-refractivity contribution in [2.24, 2.45) is 4.99 Å². The molecule has 1 heterocycles. The van der Waals surface area contributed by atoms with E-state index < -0.39 is 0 Å². The van der Waals surface area contributed by atoms with Crippen molar-refractivity contribution < 1.29 is 0 Å². The molecule has 2 rings (SSSR count). The van der Waals surface area contributed by atoms with Gasteiger partial charge in [0.15, 0.2) is 0 Å². The molecule has 0 saturated carbocycles. The summed E-state index contributed by atoms with van der Waals surface area (Å²) in [7, 11) is 0. The van der Waals surface area contributed by atoms with Gasteiger partial charge in [0.1, 0.15) is 5.84 Å². The molecule has 0 unspecified atom stereocenters. The first kappa shape index (κ1) is 7.43. The molecular formula is C9H8N2S. The van der Waals surface area contributed by atoms with Gasteiger partial charge in [-0.05, 0) is 11.9 Å². The van der Waals surface area contributed by atoms with Gasteiger partial charge in [-0.2, -0.15) is 0 Å². The number of hydrogen-bond acceptors (Lipinski definition) is 3. The van der Waals surface area contributed by atoms with Gasteiger partial charge < -0.3 is 4.72 Å². The largest absolute Gasteiger partial charge is 0.310 e. The molecule has 0 bridgehead atoms. The van der Waals surface area contributed by atoms with Crippen LogP contribution in [0, 0.1) is 0 Å². The number of nitrogens with one attached hydrogen (secondary N) is 1. The summed E-state index contributed by atoms with van der Waals surface area (Å²) < 4.78 is 3.12. The van der Waals surface area contributed by atoms with Crippen molar-refractivity contribution in [3.63, 3.8) is 0 Å². The van der Waals surface area contributed by atoms with E-state index >= 15 is 0 Å². The second-order valence-corrected chi connectivity index (χ2v) is 3.06. The maximum absolute atomic E-state index is 4.20. The zero-order chi connectivity index (χ0) is 8.23. The van der Waals surface area contributed by atoms with Gasteiger partial charge in [-0.1, -0.05) is 30.3 Å². The molecule has 1 N–H and O–H groups in total. The lowest BCUT2D eigenvalue weighted by atomic mass is 10.2. The highest BCUT2D eigenvalue weighted by Crippen LogP contribution is 2.08. The minimum atomic E-state index is 0.920. The number of aliphatic imine (C=N–C) groups is 1. The van der Waals surface area contributed by atoms with Gasteiger partial charge in [0.05, 0.1) is 0 Å². The zero-order valence-corrected chi connectivity index (χ0v) is 7.21. The first-order valence-corrected chi connectivity index (χ1v) is 4.55. The van der Waals surface area contributed by atoms with Crippen LogP contribution in [-0.2, 0) is 0 Å². The van der Waals surface area contributed by atoms with Crippen LogP contribution >= 0.6 is 11.9 Å². The number of benzene rings is 1. The molecule has 0 amide bonds. The van der Waals surface area contributed by atoms with Gasteiger partial charge in [0.2, 0.25) is 0 Å². The lowest BCUT2D eigenvalue weighted by Crippen LogP contribution is -2.17. The molecule has 1 aliphatic heterocycles. The molecule has 0 aromatic heterocycles. The van der Waals surface area contributed by atoms with E-state index in [1.165, 1.54) is 11.9 Å². The summed E-state index contributed by atoms with van der Waals surface area (Å²) in [5.74, 6) is 0.920. The van der Waals surface area contributed by atoms with E-state index in [2.05, 4.69) is 9.71 Å². The Bertz CT molecular complexity index is 317. The highest BCUT2D eigenvalue weighted by atomic mass is 32.2. The Morgan fingerprint density at radius 1 is 1.17 bits per heavy atom. The number of hydrogen-bond donors (Lipinski definition) is 1. The van der Waals surface area contributed by atoms with Gasteiger partial charge in [0, 0.05) is 17.2 Å². The quantitative estimate of drug-likeness (QED) is 0.663. The molecule has 0 atom stereocenters. The van der Waals surface area contributed by atoms with Crippen LogP contribution in [-0.4, -0.2) is 5.84 Å². The van der Waals surface area contributed by atoms with Crippen LogP contribution in [0.2, 0.25) is 0 Å². The van der Waals surface area contributed by atoms with Crippen LogP contribution in [0.5, 0.6) is 0 Å². The molecule has 3 heteroatoms. The molecule has 0 saturated heterocycles. The monoisotopic (exact) mass is 176 g/mol. The maximum Gasteiger partial charge on any atom is 0.143 e. The van der Waals surface area contributed by atoms with Gasteiger partial charge in [-0.25, -0.2) is 4.99 Å². The molecule has 0 radical (unpaired) electrons. The Morgan fingerprint density at radius 2 is 2.00 bits per heavy atom. The Kier molecular flexibility index (Phi) is 2.14. The minimum Gasteiger partial charge on any atom is -0.310 e. The van der Waals surface area contributed by atoms with Crippen molar-refractivity contribution in [2.75, 3.05) is 0 Å². The van der Waals surface area contributed by atoms with Crippen LogP contribution in [0.1, 0.15) is 5.56 Å². The highest BCUT2D eigenvalue weighted by Gasteiger charge is 2.02. The van der Waals surface area contributed by atoms with E-state index in [4.69, 9.17) is 0 Å². The Balaban J connectivity index is 2.31. The Labute approximate surface area is 75.5 Å². The fourth-order valence-electron chi connectivity index (χ4n) is 0.981. The molecule has 0 fully saturated rings. The molecular weight excluding hydrogens is 168 g/mol. The third kappa shape index (κ3) is 1.51. The molecule has 1 aromatic rings. The maximum atomic E-state index is 4.20. The molecule has 1 aromatic carbocycles. The van der Waals surface area contributed by atoms with E-state index in [0.29, 0.717) is 0 Å². The van der Waals surface area contributed by atoms with Crippen molar-refractivity contribution in [1.29, 1.82) is 0 Å². The van der Waals surface area contributed by atoms with Crippen molar-refractivity contribution in [3.05, 3.63) is 47.5 Å². The fraction of sp³-hybridized carbons (Fsp3) is 0. The predicted octanol–water partition coefficient (Wildman–Crippen LogP) is 2.16. The second-order valence-electron chi connectivity index (χ2n) is 2.35. The van der Waals surface area contributed by atoms with Crippen molar-refractivity contribution >= 4 is 17.8 Å². The average Bonchev–Trinajstić information content (AvgIpc) is 2.21. The van der Waals surface area contributed by atoms with Gasteiger partial charge >= 0.3 is 0 Å².